The van der Waals surface area contributed by atoms with Gasteiger partial charge in [-0.05, 0) is 30.5 Å². The summed E-state index contributed by atoms with van der Waals surface area (Å²) in [6.07, 6.45) is 1.88. The second kappa shape index (κ2) is 5.51. The van der Waals surface area contributed by atoms with Crippen LogP contribution in [0.2, 0.25) is 0 Å². The Bertz CT molecular complexity index is 483. The second-order valence-corrected chi connectivity index (χ2v) is 5.86. The molecule has 0 unspecified atom stereocenters. The van der Waals surface area contributed by atoms with Crippen LogP contribution in [0.25, 0.3) is 0 Å². The molecule has 0 aromatic heterocycles. The van der Waals surface area contributed by atoms with Gasteiger partial charge in [0.15, 0.2) is 0 Å². The highest BCUT2D eigenvalue weighted by Gasteiger charge is 2.14. The highest BCUT2D eigenvalue weighted by Crippen LogP contribution is 2.24. The van der Waals surface area contributed by atoms with E-state index in [-0.39, 0.29) is 6.04 Å². The molecule has 1 aromatic rings. The monoisotopic (exact) mass is 257 g/mol. The summed E-state index contributed by atoms with van der Waals surface area (Å²) in [6.45, 7) is 3.89. The molecule has 4 nitrogen and oxygen atoms in total. The number of benzene rings is 1. The molecule has 17 heavy (non-hydrogen) atoms. The molecular weight excluding hydrogens is 238 g/mol. The molecule has 0 aliphatic carbocycles. The van der Waals surface area contributed by atoms with Crippen molar-refractivity contribution in [2.24, 2.45) is 0 Å². The van der Waals surface area contributed by atoms with Gasteiger partial charge >= 0.3 is 0 Å². The Labute approximate surface area is 103 Å². The van der Waals surface area contributed by atoms with Crippen molar-refractivity contribution in [3.05, 3.63) is 29.3 Å². The highest BCUT2D eigenvalue weighted by molar-refractivity contribution is 7.88. The SMILES string of the molecule is CC[C@@H](NS(C)(=O)=O)c1ccc(OC)c(C)c1. The van der Waals surface area contributed by atoms with Crippen molar-refractivity contribution in [2.75, 3.05) is 13.4 Å². The fourth-order valence-corrected chi connectivity index (χ4v) is 2.58. The van der Waals surface area contributed by atoms with Crippen LogP contribution in [0.1, 0.15) is 30.5 Å². The predicted octanol–water partition coefficient (Wildman–Crippen LogP) is 2.00. The van der Waals surface area contributed by atoms with E-state index < -0.39 is 10.0 Å². The van der Waals surface area contributed by atoms with Gasteiger partial charge in [-0.25, -0.2) is 13.1 Å². The molecule has 1 atom stereocenters. The van der Waals surface area contributed by atoms with Gasteiger partial charge in [0.25, 0.3) is 0 Å². The smallest absolute Gasteiger partial charge is 0.209 e. The molecule has 0 spiro atoms. The van der Waals surface area contributed by atoms with Crippen LogP contribution in [0.3, 0.4) is 0 Å². The summed E-state index contributed by atoms with van der Waals surface area (Å²) in [5.41, 5.74) is 1.95. The number of aryl methyl sites for hydroxylation is 1. The van der Waals surface area contributed by atoms with Gasteiger partial charge in [0.2, 0.25) is 10.0 Å². The number of methoxy groups -OCH3 is 1. The van der Waals surface area contributed by atoms with Crippen LogP contribution in [0.4, 0.5) is 0 Å². The van der Waals surface area contributed by atoms with Gasteiger partial charge < -0.3 is 4.74 Å². The molecular formula is C12H19NO3S. The van der Waals surface area contributed by atoms with Gasteiger partial charge in [-0.2, -0.15) is 0 Å². The van der Waals surface area contributed by atoms with Gasteiger partial charge in [-0.3, -0.25) is 0 Å². The van der Waals surface area contributed by atoms with Crippen LogP contribution in [-0.2, 0) is 10.0 Å². The van der Waals surface area contributed by atoms with Crippen LogP contribution in [0, 0.1) is 6.92 Å². The van der Waals surface area contributed by atoms with E-state index in [1.54, 1.807) is 7.11 Å². The molecule has 0 saturated carbocycles. The van der Waals surface area contributed by atoms with Gasteiger partial charge in [-0.1, -0.05) is 19.1 Å². The first-order valence-corrected chi connectivity index (χ1v) is 7.38. The van der Waals surface area contributed by atoms with Gasteiger partial charge in [0.1, 0.15) is 5.75 Å². The number of nitrogens with one attached hydrogen (secondary N) is 1. The molecule has 0 radical (unpaired) electrons. The van der Waals surface area contributed by atoms with Crippen molar-refractivity contribution in [3.8, 4) is 5.75 Å². The lowest BCUT2D eigenvalue weighted by Gasteiger charge is -2.17. The van der Waals surface area contributed by atoms with E-state index in [0.29, 0.717) is 6.42 Å². The Morgan fingerprint density at radius 1 is 1.41 bits per heavy atom. The van der Waals surface area contributed by atoms with Crippen LogP contribution in [0.15, 0.2) is 18.2 Å². The Morgan fingerprint density at radius 3 is 2.47 bits per heavy atom. The maximum absolute atomic E-state index is 11.2. The summed E-state index contributed by atoms with van der Waals surface area (Å²) in [7, 11) is -1.57. The third-order valence-corrected chi connectivity index (χ3v) is 3.30. The highest BCUT2D eigenvalue weighted by atomic mass is 32.2. The number of sulfonamides is 1. The Hall–Kier alpha value is -1.07. The van der Waals surface area contributed by atoms with E-state index >= 15 is 0 Å². The van der Waals surface area contributed by atoms with Crippen molar-refractivity contribution in [1.29, 1.82) is 0 Å². The normalized spacial score (nSPS) is 13.4. The maximum Gasteiger partial charge on any atom is 0.209 e. The van der Waals surface area contributed by atoms with E-state index in [2.05, 4.69) is 4.72 Å². The Kier molecular flexibility index (Phi) is 4.54. The zero-order valence-corrected chi connectivity index (χ0v) is 11.5. The number of hydrogen-bond donors (Lipinski definition) is 1. The fourth-order valence-electron chi connectivity index (χ4n) is 1.76. The van der Waals surface area contributed by atoms with E-state index in [1.165, 1.54) is 6.26 Å². The lowest BCUT2D eigenvalue weighted by atomic mass is 10.0. The van der Waals surface area contributed by atoms with E-state index in [9.17, 15) is 8.42 Å². The molecule has 0 aliphatic heterocycles. The summed E-state index contributed by atoms with van der Waals surface area (Å²) in [5.74, 6) is 0.808. The largest absolute Gasteiger partial charge is 0.496 e. The van der Waals surface area contributed by atoms with E-state index in [4.69, 9.17) is 4.74 Å². The average molecular weight is 257 g/mol. The molecule has 0 fully saturated rings. The van der Waals surface area contributed by atoms with Gasteiger partial charge in [0, 0.05) is 6.04 Å². The topological polar surface area (TPSA) is 55.4 Å². The molecule has 0 bridgehead atoms. The number of hydrogen-bond acceptors (Lipinski definition) is 3. The van der Waals surface area contributed by atoms with E-state index in [1.807, 2.05) is 32.0 Å². The molecule has 0 heterocycles. The number of ether oxygens (including phenoxy) is 1. The second-order valence-electron chi connectivity index (χ2n) is 4.08. The minimum absolute atomic E-state index is 0.186. The Morgan fingerprint density at radius 2 is 2.06 bits per heavy atom. The van der Waals surface area contributed by atoms with Crippen molar-refractivity contribution >= 4 is 10.0 Å². The molecule has 0 saturated heterocycles. The summed E-state index contributed by atoms with van der Waals surface area (Å²) in [5, 5.41) is 0. The molecule has 1 N–H and O–H groups in total. The minimum atomic E-state index is -3.19. The zero-order chi connectivity index (χ0) is 13.1. The van der Waals surface area contributed by atoms with Gasteiger partial charge in [-0.15, -0.1) is 0 Å². The summed E-state index contributed by atoms with van der Waals surface area (Å²) >= 11 is 0. The van der Waals surface area contributed by atoms with Crippen LogP contribution >= 0.6 is 0 Å². The lowest BCUT2D eigenvalue weighted by molar-refractivity contribution is 0.411. The van der Waals surface area contributed by atoms with Crippen molar-refractivity contribution in [1.82, 2.24) is 4.72 Å². The summed E-state index contributed by atoms with van der Waals surface area (Å²) in [6, 6.07) is 5.51. The van der Waals surface area contributed by atoms with Crippen molar-refractivity contribution < 1.29 is 13.2 Å². The van der Waals surface area contributed by atoms with Crippen LogP contribution in [-0.4, -0.2) is 21.8 Å². The first kappa shape index (κ1) is 14.0. The third-order valence-electron chi connectivity index (χ3n) is 2.59. The van der Waals surface area contributed by atoms with Crippen LogP contribution < -0.4 is 9.46 Å². The predicted molar refractivity (Wildman–Crippen MR) is 68.7 cm³/mol. The molecule has 0 aliphatic rings. The average Bonchev–Trinajstić information content (AvgIpc) is 2.24. The molecule has 5 heteroatoms. The molecule has 96 valence electrons. The summed E-state index contributed by atoms with van der Waals surface area (Å²) in [4.78, 5) is 0. The zero-order valence-electron chi connectivity index (χ0n) is 10.6. The fraction of sp³-hybridized carbons (Fsp3) is 0.500. The molecule has 1 rings (SSSR count). The first-order chi connectivity index (χ1) is 7.87. The quantitative estimate of drug-likeness (QED) is 0.877. The number of rotatable bonds is 5. The van der Waals surface area contributed by atoms with Crippen molar-refractivity contribution in [3.63, 3.8) is 0 Å². The Balaban J connectivity index is 3.01. The first-order valence-electron chi connectivity index (χ1n) is 5.49. The van der Waals surface area contributed by atoms with Gasteiger partial charge in [0.05, 0.1) is 13.4 Å². The van der Waals surface area contributed by atoms with Crippen LogP contribution in [0.5, 0.6) is 5.75 Å². The van der Waals surface area contributed by atoms with E-state index in [0.717, 1.165) is 16.9 Å². The third kappa shape index (κ3) is 4.02. The van der Waals surface area contributed by atoms with Crippen molar-refractivity contribution in [2.45, 2.75) is 26.3 Å². The maximum atomic E-state index is 11.2. The summed E-state index contributed by atoms with van der Waals surface area (Å²) < 4.78 is 30.3. The standard InChI is InChI=1S/C12H19NO3S/c1-5-11(13-17(4,14)15)10-6-7-12(16-3)9(2)8-10/h6-8,11,13H,5H2,1-4H3/t11-/m1/s1. The molecule has 0 amide bonds. The minimum Gasteiger partial charge on any atom is -0.496 e. The lowest BCUT2D eigenvalue weighted by Crippen LogP contribution is -2.27. The molecule has 1 aromatic carbocycles.